The number of benzene rings is 2. The number of hydrogen-bond acceptors (Lipinski definition) is 5. The molecule has 0 aromatic heterocycles. The largest absolute Gasteiger partial charge is 0.496 e. The first kappa shape index (κ1) is 20.0. The molecular weight excluding hydrogens is 354 g/mol. The number of methoxy groups -OCH3 is 1. The van der Waals surface area contributed by atoms with Crippen molar-refractivity contribution in [3.05, 3.63) is 53.2 Å². The fraction of sp³-hybridized carbons (Fsp3) is 0.211. The molecule has 0 fully saturated rings. The van der Waals surface area contributed by atoms with Crippen LogP contribution in [0.15, 0.2) is 36.0 Å². The van der Waals surface area contributed by atoms with Gasteiger partial charge in [-0.15, -0.1) is 0 Å². The number of ether oxygens (including phenoxy) is 1. The Morgan fingerprint density at radius 3 is 2.41 bits per heavy atom. The van der Waals surface area contributed by atoms with Crippen LogP contribution in [-0.2, 0) is 4.79 Å². The number of anilines is 1. The Morgan fingerprint density at radius 1 is 1.11 bits per heavy atom. The first-order valence-electron chi connectivity index (χ1n) is 8.28. The molecule has 0 aliphatic heterocycles. The van der Waals surface area contributed by atoms with Crippen LogP contribution in [-0.4, -0.2) is 19.6 Å². The Kier molecular flexibility index (Phi) is 6.23. The second kappa shape index (κ2) is 8.39. The molecule has 2 rings (SSSR count). The molecule has 0 radical (unpaired) electrons. The number of carbonyl (C=O) groups is 1. The minimum atomic E-state index is -0.763. The average Bonchev–Trinajstić information content (AvgIpc) is 2.66. The maximum atomic E-state index is 14.5. The highest BCUT2D eigenvalue weighted by molar-refractivity contribution is 6.01. The van der Waals surface area contributed by atoms with Crippen LogP contribution in [0.1, 0.15) is 18.9 Å². The summed E-state index contributed by atoms with van der Waals surface area (Å²) in [5, 5.41) is 2.59. The van der Waals surface area contributed by atoms with Gasteiger partial charge in [0.1, 0.15) is 23.1 Å². The number of nitrogens with two attached hydrogens (primary N) is 3. The molecule has 2 aromatic carbocycles. The van der Waals surface area contributed by atoms with Gasteiger partial charge in [-0.1, -0.05) is 13.0 Å². The third kappa shape index (κ3) is 3.94. The van der Waals surface area contributed by atoms with Crippen molar-refractivity contribution in [2.75, 3.05) is 19.4 Å². The molecule has 0 saturated heterocycles. The zero-order valence-electron chi connectivity index (χ0n) is 15.1. The summed E-state index contributed by atoms with van der Waals surface area (Å²) in [5.41, 5.74) is 17.1. The number of rotatable bonds is 6. The Balaban J connectivity index is 2.65. The molecule has 0 bridgehead atoms. The zero-order chi connectivity index (χ0) is 20.1. The normalized spacial score (nSPS) is 11.7. The van der Waals surface area contributed by atoms with E-state index in [2.05, 4.69) is 5.32 Å². The van der Waals surface area contributed by atoms with Crippen molar-refractivity contribution in [1.82, 2.24) is 5.32 Å². The molecule has 2 aromatic rings. The summed E-state index contributed by atoms with van der Waals surface area (Å²) in [7, 11) is 1.33. The molecule has 0 aliphatic carbocycles. The van der Waals surface area contributed by atoms with Gasteiger partial charge in [0.05, 0.1) is 24.1 Å². The molecule has 0 atom stereocenters. The van der Waals surface area contributed by atoms with E-state index >= 15 is 0 Å². The van der Waals surface area contributed by atoms with Crippen LogP contribution in [0.4, 0.5) is 14.5 Å². The maximum Gasteiger partial charge on any atom is 0.269 e. The van der Waals surface area contributed by atoms with Crippen LogP contribution in [0.3, 0.4) is 0 Å². The lowest BCUT2D eigenvalue weighted by molar-refractivity contribution is -0.117. The summed E-state index contributed by atoms with van der Waals surface area (Å²) < 4.78 is 34.1. The highest BCUT2D eigenvalue weighted by atomic mass is 19.1. The maximum absolute atomic E-state index is 14.5. The van der Waals surface area contributed by atoms with Gasteiger partial charge in [-0.3, -0.25) is 4.79 Å². The van der Waals surface area contributed by atoms with Crippen molar-refractivity contribution in [3.63, 3.8) is 0 Å². The lowest BCUT2D eigenvalue weighted by Gasteiger charge is -2.17. The number of carbonyl (C=O) groups excluding carboxylic acids is 1. The summed E-state index contributed by atoms with van der Waals surface area (Å²) in [5.74, 6) is -1.94. The van der Waals surface area contributed by atoms with Gasteiger partial charge in [0.25, 0.3) is 5.91 Å². The predicted octanol–water partition coefficient (Wildman–Crippen LogP) is 2.33. The Bertz CT molecular complexity index is 898. The minimum absolute atomic E-state index is 0.106. The van der Waals surface area contributed by atoms with Gasteiger partial charge in [-0.25, -0.2) is 8.78 Å². The van der Waals surface area contributed by atoms with Crippen molar-refractivity contribution in [1.29, 1.82) is 0 Å². The van der Waals surface area contributed by atoms with E-state index in [9.17, 15) is 13.6 Å². The topological polar surface area (TPSA) is 116 Å². The summed E-state index contributed by atoms with van der Waals surface area (Å²) >= 11 is 0. The number of amides is 1. The van der Waals surface area contributed by atoms with Crippen molar-refractivity contribution in [2.45, 2.75) is 13.3 Å². The molecule has 0 saturated carbocycles. The Labute approximate surface area is 156 Å². The van der Waals surface area contributed by atoms with Gasteiger partial charge >= 0.3 is 0 Å². The fourth-order valence-electron chi connectivity index (χ4n) is 2.60. The predicted molar refractivity (Wildman–Crippen MR) is 101 cm³/mol. The van der Waals surface area contributed by atoms with Crippen LogP contribution >= 0.6 is 0 Å². The lowest BCUT2D eigenvalue weighted by Crippen LogP contribution is -2.31. The van der Waals surface area contributed by atoms with Crippen molar-refractivity contribution < 1.29 is 18.3 Å². The second-order valence-corrected chi connectivity index (χ2v) is 5.78. The van der Waals surface area contributed by atoms with Crippen molar-refractivity contribution in [2.24, 2.45) is 11.5 Å². The van der Waals surface area contributed by atoms with Crippen molar-refractivity contribution >= 4 is 17.3 Å². The van der Waals surface area contributed by atoms with E-state index in [1.807, 2.05) is 6.92 Å². The van der Waals surface area contributed by atoms with Crippen LogP contribution in [0, 0.1) is 11.6 Å². The molecule has 0 spiro atoms. The van der Waals surface area contributed by atoms with Gasteiger partial charge < -0.3 is 27.3 Å². The van der Waals surface area contributed by atoms with E-state index in [0.29, 0.717) is 6.54 Å². The lowest BCUT2D eigenvalue weighted by atomic mass is 9.96. The van der Waals surface area contributed by atoms with E-state index in [0.717, 1.165) is 18.6 Å². The Hall–Kier alpha value is -3.29. The molecular formula is C19H22F2N4O2. The smallest absolute Gasteiger partial charge is 0.269 e. The number of hydrogen-bond donors (Lipinski definition) is 4. The Morgan fingerprint density at radius 2 is 1.78 bits per heavy atom. The quantitative estimate of drug-likeness (QED) is 0.456. The molecule has 144 valence electrons. The summed E-state index contributed by atoms with van der Waals surface area (Å²) in [4.78, 5) is 12.0. The molecule has 8 heteroatoms. The average molecular weight is 376 g/mol. The van der Waals surface area contributed by atoms with E-state index in [-0.39, 0.29) is 39.5 Å². The first-order valence-corrected chi connectivity index (χ1v) is 8.28. The highest BCUT2D eigenvalue weighted by Gasteiger charge is 2.22. The van der Waals surface area contributed by atoms with E-state index in [1.165, 1.54) is 25.3 Å². The number of halogens is 2. The van der Waals surface area contributed by atoms with Crippen LogP contribution in [0.25, 0.3) is 16.8 Å². The van der Waals surface area contributed by atoms with E-state index < -0.39 is 17.5 Å². The monoisotopic (exact) mass is 376 g/mol. The van der Waals surface area contributed by atoms with Gasteiger partial charge in [-0.2, -0.15) is 0 Å². The fourth-order valence-corrected chi connectivity index (χ4v) is 2.60. The van der Waals surface area contributed by atoms with Crippen LogP contribution in [0.2, 0.25) is 0 Å². The minimum Gasteiger partial charge on any atom is -0.496 e. The molecule has 0 unspecified atom stereocenters. The van der Waals surface area contributed by atoms with Gasteiger partial charge in [0, 0.05) is 17.7 Å². The number of nitrogen functional groups attached to an aromatic ring is 1. The molecule has 27 heavy (non-hydrogen) atoms. The SMILES string of the molecule is CCCNC(=O)/C(N)=C(\N)c1ccc(F)c(-c2c(F)cccc2OC)c1N. The molecule has 6 nitrogen and oxygen atoms in total. The summed E-state index contributed by atoms with van der Waals surface area (Å²) in [6.07, 6.45) is 0.717. The third-order valence-electron chi connectivity index (χ3n) is 4.00. The molecule has 0 aliphatic rings. The standard InChI is InChI=1S/C19H22F2N4O2/c1-3-9-25-19(26)18(24)17(23)10-7-8-12(21)15(16(10)22)14-11(20)5-4-6-13(14)27-2/h4-8H,3,9,22-24H2,1-2H3,(H,25,26)/b18-17+. The highest BCUT2D eigenvalue weighted by Crippen LogP contribution is 2.40. The molecule has 1 amide bonds. The second-order valence-electron chi connectivity index (χ2n) is 5.78. The summed E-state index contributed by atoms with van der Waals surface area (Å²) in [6.45, 7) is 2.30. The zero-order valence-corrected chi connectivity index (χ0v) is 15.1. The number of nitrogens with one attached hydrogen (secondary N) is 1. The first-order chi connectivity index (χ1) is 12.8. The van der Waals surface area contributed by atoms with Gasteiger partial charge in [0.15, 0.2) is 0 Å². The van der Waals surface area contributed by atoms with E-state index in [4.69, 9.17) is 21.9 Å². The van der Waals surface area contributed by atoms with Gasteiger partial charge in [0.2, 0.25) is 0 Å². The molecule has 7 N–H and O–H groups in total. The third-order valence-corrected chi connectivity index (χ3v) is 4.00. The summed E-state index contributed by atoms with van der Waals surface area (Å²) in [6, 6.07) is 6.44. The van der Waals surface area contributed by atoms with Crippen molar-refractivity contribution in [3.8, 4) is 16.9 Å². The van der Waals surface area contributed by atoms with E-state index in [1.54, 1.807) is 0 Å². The van der Waals surface area contributed by atoms with Crippen LogP contribution < -0.4 is 27.3 Å². The molecule has 0 heterocycles. The van der Waals surface area contributed by atoms with Gasteiger partial charge in [-0.05, 0) is 30.7 Å². The van der Waals surface area contributed by atoms with Crippen LogP contribution in [0.5, 0.6) is 5.75 Å².